The maximum atomic E-state index is 14.3. The monoisotopic (exact) mass is 395 g/mol. The molecular formula is C17H15F3NOY-. The minimum absolute atomic E-state index is 0. The summed E-state index contributed by atoms with van der Waals surface area (Å²) in [4.78, 5) is 1.24. The van der Waals surface area contributed by atoms with Gasteiger partial charge in [0, 0.05) is 38.8 Å². The molecule has 0 saturated heterocycles. The number of halogens is 3. The number of benzene rings is 1. The van der Waals surface area contributed by atoms with Crippen LogP contribution in [0.1, 0.15) is 5.56 Å². The molecule has 0 aromatic heterocycles. The zero-order chi connectivity index (χ0) is 16.1. The van der Waals surface area contributed by atoms with Crippen molar-refractivity contribution >= 4 is 5.70 Å². The second-order valence-corrected chi connectivity index (χ2v) is 4.56. The number of rotatable bonds is 6. The Kier molecular flexibility index (Phi) is 7.79. The van der Waals surface area contributed by atoms with Crippen LogP contribution < -0.4 is 4.74 Å². The first kappa shape index (κ1) is 19.7. The molecule has 6 heteroatoms. The Morgan fingerprint density at radius 1 is 1.35 bits per heavy atom. The fourth-order valence-electron chi connectivity index (χ4n) is 2.03. The van der Waals surface area contributed by atoms with Crippen molar-refractivity contribution in [3.8, 4) is 5.75 Å². The molecule has 23 heavy (non-hydrogen) atoms. The predicted octanol–water partition coefficient (Wildman–Crippen LogP) is 4.18. The van der Waals surface area contributed by atoms with Crippen LogP contribution in [-0.4, -0.2) is 24.5 Å². The number of hydrogen-bond acceptors (Lipinski definition) is 2. The average molecular weight is 395 g/mol. The van der Waals surface area contributed by atoms with Crippen LogP contribution in [0.15, 0.2) is 55.3 Å². The molecule has 0 fully saturated rings. The average Bonchev–Trinajstić information content (AvgIpc) is 2.47. The maximum Gasteiger partial charge on any atom is 0.256 e. The summed E-state index contributed by atoms with van der Waals surface area (Å²) in [5.74, 6) is -0.237. The molecule has 0 N–H and O–H groups in total. The van der Waals surface area contributed by atoms with Crippen LogP contribution in [0.3, 0.4) is 0 Å². The van der Waals surface area contributed by atoms with Gasteiger partial charge in [0.15, 0.2) is 0 Å². The van der Waals surface area contributed by atoms with Crippen LogP contribution in [0.2, 0.25) is 0 Å². The van der Waals surface area contributed by atoms with E-state index in [9.17, 15) is 13.2 Å². The van der Waals surface area contributed by atoms with Gasteiger partial charge in [0.05, 0.1) is 12.4 Å². The summed E-state index contributed by atoms with van der Waals surface area (Å²) in [7, 11) is 0. The van der Waals surface area contributed by atoms with E-state index in [1.54, 1.807) is 18.2 Å². The van der Waals surface area contributed by atoms with Crippen molar-refractivity contribution in [3.05, 3.63) is 72.7 Å². The van der Waals surface area contributed by atoms with Crippen LogP contribution in [0.4, 0.5) is 13.2 Å². The molecule has 1 heterocycles. The quantitative estimate of drug-likeness (QED) is 0.529. The molecule has 1 radical (unpaired) electrons. The zero-order valence-corrected chi connectivity index (χ0v) is 15.3. The Hall–Kier alpha value is -1.33. The molecule has 0 amide bonds. The molecule has 0 bridgehead atoms. The second-order valence-electron chi connectivity index (χ2n) is 4.56. The smallest absolute Gasteiger partial charge is 0.256 e. The van der Waals surface area contributed by atoms with Crippen molar-refractivity contribution in [3.63, 3.8) is 0 Å². The SMILES string of the molecule is C=CCOc1ccc(C2=[C-]C=CC(=C)N2CC(F)F)c(F)c1.[Y]. The van der Waals surface area contributed by atoms with Gasteiger partial charge >= 0.3 is 0 Å². The zero-order valence-electron chi connectivity index (χ0n) is 12.4. The fraction of sp³-hybridized carbons (Fsp3) is 0.176. The largest absolute Gasteiger partial charge is 0.490 e. The standard InChI is InChI=1S/C17H15F3NO.Y/c1-3-9-22-13-7-8-14(15(18)10-13)16-6-4-5-12(2)21(16)11-17(19)20;/h3-5,7-8,10,17H,1-2,9,11H2;/q-1;. The third-order valence-corrected chi connectivity index (χ3v) is 3.00. The molecule has 0 spiro atoms. The number of nitrogens with zero attached hydrogens (tertiary/aromatic N) is 1. The Morgan fingerprint density at radius 2 is 2.09 bits per heavy atom. The fourth-order valence-corrected chi connectivity index (χ4v) is 2.03. The third-order valence-electron chi connectivity index (χ3n) is 3.00. The van der Waals surface area contributed by atoms with Gasteiger partial charge in [-0.3, -0.25) is 0 Å². The molecule has 1 aromatic carbocycles. The van der Waals surface area contributed by atoms with Crippen LogP contribution >= 0.6 is 0 Å². The van der Waals surface area contributed by atoms with E-state index in [0.717, 1.165) is 0 Å². The predicted molar refractivity (Wildman–Crippen MR) is 79.7 cm³/mol. The van der Waals surface area contributed by atoms with E-state index >= 15 is 0 Å². The van der Waals surface area contributed by atoms with E-state index in [4.69, 9.17) is 4.74 Å². The summed E-state index contributed by atoms with van der Waals surface area (Å²) in [6.45, 7) is 6.89. The summed E-state index contributed by atoms with van der Waals surface area (Å²) in [6, 6.07) is 4.24. The third kappa shape index (κ3) is 5.08. The number of hydrogen-bond donors (Lipinski definition) is 0. The van der Waals surface area contributed by atoms with Gasteiger partial charge in [-0.1, -0.05) is 30.5 Å². The Bertz CT molecular complexity index is 641. The van der Waals surface area contributed by atoms with E-state index in [0.29, 0.717) is 11.4 Å². The van der Waals surface area contributed by atoms with E-state index < -0.39 is 18.8 Å². The summed E-state index contributed by atoms with van der Waals surface area (Å²) >= 11 is 0. The van der Waals surface area contributed by atoms with Crippen molar-refractivity contribution in [1.82, 2.24) is 4.90 Å². The normalized spacial score (nSPS) is 13.7. The van der Waals surface area contributed by atoms with Crippen molar-refractivity contribution < 1.29 is 50.6 Å². The van der Waals surface area contributed by atoms with Gasteiger partial charge in [-0.15, -0.1) is 12.1 Å². The molecule has 0 aliphatic carbocycles. The van der Waals surface area contributed by atoms with E-state index in [-0.39, 0.29) is 50.6 Å². The van der Waals surface area contributed by atoms with Gasteiger partial charge in [-0.2, -0.15) is 12.2 Å². The molecule has 2 rings (SSSR count). The van der Waals surface area contributed by atoms with Crippen molar-refractivity contribution in [2.45, 2.75) is 6.43 Å². The molecule has 1 aliphatic heterocycles. The maximum absolute atomic E-state index is 14.3. The molecule has 119 valence electrons. The van der Waals surface area contributed by atoms with Crippen LogP contribution in [-0.2, 0) is 32.7 Å². The van der Waals surface area contributed by atoms with Gasteiger partial charge in [0.2, 0.25) is 0 Å². The topological polar surface area (TPSA) is 12.5 Å². The van der Waals surface area contributed by atoms with Crippen LogP contribution in [0.5, 0.6) is 5.75 Å². The summed E-state index contributed by atoms with van der Waals surface area (Å²) < 4.78 is 44.9. The second kappa shape index (κ2) is 9.09. The van der Waals surface area contributed by atoms with Crippen molar-refractivity contribution in [2.24, 2.45) is 0 Å². The molecule has 1 aromatic rings. The first-order valence-corrected chi connectivity index (χ1v) is 6.61. The number of allylic oxidation sites excluding steroid dienone is 3. The van der Waals surface area contributed by atoms with E-state index in [1.807, 2.05) is 0 Å². The van der Waals surface area contributed by atoms with Gasteiger partial charge in [-0.25, -0.2) is 13.2 Å². The van der Waals surface area contributed by atoms with Gasteiger partial charge in [-0.05, 0) is 11.8 Å². The minimum Gasteiger partial charge on any atom is -0.490 e. The minimum atomic E-state index is -2.57. The number of ether oxygens (including phenoxy) is 1. The Labute approximate surface area is 158 Å². The molecular weight excluding hydrogens is 380 g/mol. The van der Waals surface area contributed by atoms with E-state index in [2.05, 4.69) is 19.2 Å². The molecule has 0 saturated carbocycles. The molecule has 1 aliphatic rings. The van der Waals surface area contributed by atoms with Gasteiger partial charge < -0.3 is 9.64 Å². The van der Waals surface area contributed by atoms with Crippen molar-refractivity contribution in [2.75, 3.05) is 13.2 Å². The van der Waals surface area contributed by atoms with Gasteiger partial charge in [0.25, 0.3) is 6.43 Å². The van der Waals surface area contributed by atoms with Crippen molar-refractivity contribution in [1.29, 1.82) is 0 Å². The Morgan fingerprint density at radius 3 is 2.70 bits per heavy atom. The van der Waals surface area contributed by atoms with E-state index in [1.165, 1.54) is 23.1 Å². The summed E-state index contributed by atoms with van der Waals surface area (Å²) in [6.07, 6.45) is 4.84. The van der Waals surface area contributed by atoms with Crippen LogP contribution in [0, 0.1) is 11.9 Å². The first-order valence-electron chi connectivity index (χ1n) is 6.61. The molecule has 0 atom stereocenters. The van der Waals surface area contributed by atoms with Gasteiger partial charge in [0.1, 0.15) is 12.4 Å². The summed E-state index contributed by atoms with van der Waals surface area (Å²) in [5.41, 5.74) is 0.748. The first-order chi connectivity index (χ1) is 10.5. The summed E-state index contributed by atoms with van der Waals surface area (Å²) in [5, 5.41) is 0. The Balaban J connectivity index is 0.00000264. The number of alkyl halides is 2. The van der Waals surface area contributed by atoms with Crippen LogP contribution in [0.25, 0.3) is 5.70 Å². The molecule has 0 unspecified atom stereocenters. The molecule has 2 nitrogen and oxygen atoms in total.